The summed E-state index contributed by atoms with van der Waals surface area (Å²) >= 11 is 0. The molecule has 1 heteroatoms. The number of hydrogen-bond acceptors (Lipinski definition) is 1. The Labute approximate surface area is 192 Å². The molecule has 1 aliphatic rings. The highest BCUT2D eigenvalue weighted by Gasteiger charge is 2.21. The number of pyridine rings is 1. The second-order valence-electron chi connectivity index (χ2n) is 9.99. The summed E-state index contributed by atoms with van der Waals surface area (Å²) in [5.74, 6) is 1.96. The Morgan fingerprint density at radius 3 is 2.13 bits per heavy atom. The molecular formula is C30H45N. The highest BCUT2D eigenvalue weighted by atomic mass is 14.7. The zero-order valence-corrected chi connectivity index (χ0v) is 20.2. The second kappa shape index (κ2) is 13.7. The maximum Gasteiger partial charge on any atom is 0.0702 e. The molecule has 0 bridgehead atoms. The molecule has 0 aliphatic heterocycles. The third kappa shape index (κ3) is 8.43. The van der Waals surface area contributed by atoms with Gasteiger partial charge in [0, 0.05) is 11.8 Å². The summed E-state index contributed by atoms with van der Waals surface area (Å²) in [6, 6.07) is 13.7. The molecule has 170 valence electrons. The van der Waals surface area contributed by atoms with Crippen LogP contribution in [0.15, 0.2) is 42.6 Å². The number of hydrogen-bond donors (Lipinski definition) is 0. The number of benzene rings is 1. The Balaban J connectivity index is 1.43. The van der Waals surface area contributed by atoms with Crippen molar-refractivity contribution < 1.29 is 0 Å². The van der Waals surface area contributed by atoms with Crippen LogP contribution in [0, 0.1) is 11.8 Å². The molecule has 0 radical (unpaired) electrons. The molecule has 1 aromatic carbocycles. The summed E-state index contributed by atoms with van der Waals surface area (Å²) in [6.45, 7) is 4.60. The molecule has 31 heavy (non-hydrogen) atoms. The number of rotatable bonds is 13. The standard InChI is InChI=1S/C30H45N/c1-3-5-7-8-9-12-28-19-22-30(31-24-28)29-20-17-25(18-21-29)15-16-27-14-10-13-26(23-27)11-6-4-2/h17-22,24,26-27H,3-16,23H2,1-2H3. The van der Waals surface area contributed by atoms with E-state index in [1.807, 2.05) is 0 Å². The van der Waals surface area contributed by atoms with E-state index in [0.717, 1.165) is 24.0 Å². The monoisotopic (exact) mass is 419 g/mol. The minimum absolute atomic E-state index is 0.950. The van der Waals surface area contributed by atoms with Gasteiger partial charge in [0.2, 0.25) is 0 Å². The lowest BCUT2D eigenvalue weighted by molar-refractivity contribution is 0.241. The molecule has 2 atom stereocenters. The summed E-state index contributed by atoms with van der Waals surface area (Å²) < 4.78 is 0. The Hall–Kier alpha value is -1.63. The van der Waals surface area contributed by atoms with Crippen LogP contribution in [0.5, 0.6) is 0 Å². The molecule has 1 heterocycles. The topological polar surface area (TPSA) is 12.9 Å². The van der Waals surface area contributed by atoms with E-state index in [4.69, 9.17) is 4.98 Å². The van der Waals surface area contributed by atoms with Gasteiger partial charge in [-0.2, -0.15) is 0 Å². The van der Waals surface area contributed by atoms with Crippen LogP contribution in [0.2, 0.25) is 0 Å². The molecule has 1 aliphatic carbocycles. The first-order valence-corrected chi connectivity index (χ1v) is 13.3. The first kappa shape index (κ1) is 24.0. The average molecular weight is 420 g/mol. The fourth-order valence-corrected chi connectivity index (χ4v) is 5.31. The van der Waals surface area contributed by atoms with E-state index < -0.39 is 0 Å². The van der Waals surface area contributed by atoms with Crippen molar-refractivity contribution in [3.63, 3.8) is 0 Å². The van der Waals surface area contributed by atoms with Gasteiger partial charge in [0.15, 0.2) is 0 Å². The largest absolute Gasteiger partial charge is 0.256 e. The van der Waals surface area contributed by atoms with E-state index in [-0.39, 0.29) is 0 Å². The number of unbranched alkanes of at least 4 members (excludes halogenated alkanes) is 5. The van der Waals surface area contributed by atoms with Crippen LogP contribution >= 0.6 is 0 Å². The van der Waals surface area contributed by atoms with Gasteiger partial charge in [0.25, 0.3) is 0 Å². The Morgan fingerprint density at radius 1 is 0.710 bits per heavy atom. The van der Waals surface area contributed by atoms with Crippen molar-refractivity contribution in [1.82, 2.24) is 4.98 Å². The van der Waals surface area contributed by atoms with Crippen molar-refractivity contribution in [2.75, 3.05) is 0 Å². The zero-order valence-electron chi connectivity index (χ0n) is 20.2. The van der Waals surface area contributed by atoms with E-state index in [0.29, 0.717) is 0 Å². The van der Waals surface area contributed by atoms with Gasteiger partial charge in [-0.1, -0.05) is 108 Å². The van der Waals surface area contributed by atoms with Gasteiger partial charge in [-0.25, -0.2) is 0 Å². The van der Waals surface area contributed by atoms with E-state index in [1.54, 1.807) is 0 Å². The van der Waals surface area contributed by atoms with Gasteiger partial charge >= 0.3 is 0 Å². The van der Waals surface area contributed by atoms with E-state index in [2.05, 4.69) is 56.4 Å². The van der Waals surface area contributed by atoms with Crippen LogP contribution in [-0.4, -0.2) is 4.98 Å². The predicted molar refractivity (Wildman–Crippen MR) is 135 cm³/mol. The quantitative estimate of drug-likeness (QED) is 0.295. The molecule has 1 nitrogen and oxygen atoms in total. The summed E-state index contributed by atoms with van der Waals surface area (Å²) in [6.07, 6.45) is 22.6. The van der Waals surface area contributed by atoms with Crippen molar-refractivity contribution in [1.29, 1.82) is 0 Å². The summed E-state index contributed by atoms with van der Waals surface area (Å²) in [5.41, 5.74) is 5.22. The van der Waals surface area contributed by atoms with Crippen LogP contribution in [0.3, 0.4) is 0 Å². The van der Waals surface area contributed by atoms with Crippen LogP contribution in [0.4, 0.5) is 0 Å². The number of nitrogens with zero attached hydrogens (tertiary/aromatic N) is 1. The average Bonchev–Trinajstić information content (AvgIpc) is 2.82. The summed E-state index contributed by atoms with van der Waals surface area (Å²) in [5, 5.41) is 0. The van der Waals surface area contributed by atoms with Crippen LogP contribution < -0.4 is 0 Å². The third-order valence-corrected chi connectivity index (χ3v) is 7.34. The molecule has 1 fully saturated rings. The molecule has 1 aromatic heterocycles. The summed E-state index contributed by atoms with van der Waals surface area (Å²) in [7, 11) is 0. The maximum atomic E-state index is 4.75. The fourth-order valence-electron chi connectivity index (χ4n) is 5.31. The van der Waals surface area contributed by atoms with Crippen molar-refractivity contribution in [3.8, 4) is 11.3 Å². The molecule has 2 unspecified atom stereocenters. The molecule has 0 amide bonds. The Morgan fingerprint density at radius 2 is 1.42 bits per heavy atom. The lowest BCUT2D eigenvalue weighted by atomic mass is 9.77. The molecule has 2 aromatic rings. The highest BCUT2D eigenvalue weighted by Crippen LogP contribution is 2.34. The van der Waals surface area contributed by atoms with Gasteiger partial charge in [-0.05, 0) is 61.1 Å². The van der Waals surface area contributed by atoms with Gasteiger partial charge in [-0.15, -0.1) is 0 Å². The van der Waals surface area contributed by atoms with Crippen LogP contribution in [-0.2, 0) is 12.8 Å². The molecular weight excluding hydrogens is 374 g/mol. The van der Waals surface area contributed by atoms with Crippen LogP contribution in [0.1, 0.15) is 108 Å². The van der Waals surface area contributed by atoms with Gasteiger partial charge in [0.05, 0.1) is 5.69 Å². The Bertz CT molecular complexity index is 715. The van der Waals surface area contributed by atoms with Crippen LogP contribution in [0.25, 0.3) is 11.3 Å². The maximum absolute atomic E-state index is 4.75. The van der Waals surface area contributed by atoms with Crippen molar-refractivity contribution >= 4 is 0 Å². The number of aryl methyl sites for hydroxylation is 2. The van der Waals surface area contributed by atoms with Gasteiger partial charge in [-0.3, -0.25) is 4.98 Å². The highest BCUT2D eigenvalue weighted by molar-refractivity contribution is 5.59. The molecule has 0 spiro atoms. The second-order valence-corrected chi connectivity index (χ2v) is 9.99. The smallest absolute Gasteiger partial charge is 0.0702 e. The molecule has 0 saturated heterocycles. The third-order valence-electron chi connectivity index (χ3n) is 7.34. The summed E-state index contributed by atoms with van der Waals surface area (Å²) in [4.78, 5) is 4.75. The van der Waals surface area contributed by atoms with Crippen molar-refractivity contribution in [3.05, 3.63) is 53.7 Å². The van der Waals surface area contributed by atoms with Gasteiger partial charge in [0.1, 0.15) is 0 Å². The zero-order chi connectivity index (χ0) is 21.7. The molecule has 3 rings (SSSR count). The molecule has 1 saturated carbocycles. The normalized spacial score (nSPS) is 18.9. The minimum atomic E-state index is 0.950. The van der Waals surface area contributed by atoms with E-state index in [1.165, 1.54) is 107 Å². The SMILES string of the molecule is CCCCCCCc1ccc(-c2ccc(CCC3CCCC(CCCC)C3)cc2)nc1. The fraction of sp³-hybridized carbons (Fsp3) is 0.633. The Kier molecular flexibility index (Phi) is 10.6. The lowest BCUT2D eigenvalue weighted by Gasteiger charge is -2.29. The predicted octanol–water partition coefficient (Wildman–Crippen LogP) is 9.19. The van der Waals surface area contributed by atoms with E-state index >= 15 is 0 Å². The first-order valence-electron chi connectivity index (χ1n) is 13.3. The minimum Gasteiger partial charge on any atom is -0.256 e. The van der Waals surface area contributed by atoms with Gasteiger partial charge < -0.3 is 0 Å². The van der Waals surface area contributed by atoms with Crippen molar-refractivity contribution in [2.24, 2.45) is 11.8 Å². The van der Waals surface area contributed by atoms with E-state index in [9.17, 15) is 0 Å². The number of aromatic nitrogens is 1. The lowest BCUT2D eigenvalue weighted by Crippen LogP contribution is -2.16. The first-order chi connectivity index (χ1) is 15.3. The molecule has 0 N–H and O–H groups in total. The van der Waals surface area contributed by atoms with Crippen molar-refractivity contribution in [2.45, 2.75) is 110 Å².